The second kappa shape index (κ2) is 4.98. The number of carbonyl (C=O) groups is 2. The van der Waals surface area contributed by atoms with Crippen LogP contribution in [0.4, 0.5) is 5.00 Å². The Morgan fingerprint density at radius 3 is 2.56 bits per heavy atom. The summed E-state index contributed by atoms with van der Waals surface area (Å²) >= 11 is 0.888. The summed E-state index contributed by atoms with van der Waals surface area (Å²) in [7, 11) is 0. The Hall–Kier alpha value is -1.56. The molecule has 6 heteroatoms. The molecule has 0 fully saturated rings. The van der Waals surface area contributed by atoms with Crippen LogP contribution in [-0.4, -0.2) is 23.7 Å². The smallest absolute Gasteiger partial charge is 0.346 e. The van der Waals surface area contributed by atoms with E-state index in [0.717, 1.165) is 11.3 Å². The van der Waals surface area contributed by atoms with Gasteiger partial charge in [-0.2, -0.15) is 0 Å². The van der Waals surface area contributed by atoms with Crippen molar-refractivity contribution in [2.45, 2.75) is 20.3 Å². The van der Waals surface area contributed by atoms with Crippen LogP contribution in [-0.2, 0) is 4.74 Å². The number of carboxylic acids is 1. The van der Waals surface area contributed by atoms with Gasteiger partial charge in [-0.3, -0.25) is 0 Å². The summed E-state index contributed by atoms with van der Waals surface area (Å²) in [5, 5.41) is 9.05. The summed E-state index contributed by atoms with van der Waals surface area (Å²) in [4.78, 5) is 22.5. The first-order chi connectivity index (χ1) is 7.49. The maximum Gasteiger partial charge on any atom is 0.346 e. The van der Waals surface area contributed by atoms with Crippen LogP contribution in [0.1, 0.15) is 38.9 Å². The van der Waals surface area contributed by atoms with Gasteiger partial charge in [-0.1, -0.05) is 6.92 Å². The van der Waals surface area contributed by atoms with E-state index in [1.54, 1.807) is 6.92 Å². The number of hydrogen-bond donors (Lipinski definition) is 2. The number of hydrogen-bond acceptors (Lipinski definition) is 5. The second-order valence-corrected chi connectivity index (χ2v) is 4.29. The lowest BCUT2D eigenvalue weighted by atomic mass is 10.1. The van der Waals surface area contributed by atoms with Gasteiger partial charge in [0.15, 0.2) is 0 Å². The zero-order valence-corrected chi connectivity index (χ0v) is 9.89. The average Bonchev–Trinajstić information content (AvgIpc) is 2.51. The second-order valence-electron chi connectivity index (χ2n) is 3.24. The summed E-state index contributed by atoms with van der Waals surface area (Å²) in [6.45, 7) is 3.73. The summed E-state index contributed by atoms with van der Waals surface area (Å²) in [5.74, 6) is -1.63. The molecule has 0 amide bonds. The summed E-state index contributed by atoms with van der Waals surface area (Å²) < 4.78 is 4.93. The molecule has 3 N–H and O–H groups in total. The Balaban J connectivity index is 3.04. The molecule has 0 aliphatic heterocycles. The first kappa shape index (κ1) is 12.5. The van der Waals surface area contributed by atoms with E-state index in [1.165, 1.54) is 0 Å². The Morgan fingerprint density at radius 1 is 1.50 bits per heavy atom. The number of esters is 1. The van der Waals surface area contributed by atoms with Crippen molar-refractivity contribution in [1.29, 1.82) is 0 Å². The molecular weight excluding hydrogens is 230 g/mol. The normalized spacial score (nSPS) is 10.1. The average molecular weight is 243 g/mol. The molecule has 0 saturated heterocycles. The highest BCUT2D eigenvalue weighted by atomic mass is 32.1. The molecule has 0 unspecified atom stereocenters. The van der Waals surface area contributed by atoms with Gasteiger partial charge in [-0.15, -0.1) is 11.3 Å². The van der Waals surface area contributed by atoms with E-state index in [-0.39, 0.29) is 15.4 Å². The van der Waals surface area contributed by atoms with E-state index in [1.807, 2.05) is 6.92 Å². The third-order valence-electron chi connectivity index (χ3n) is 2.01. The molecule has 1 heterocycles. The lowest BCUT2D eigenvalue weighted by Crippen LogP contribution is -2.09. The van der Waals surface area contributed by atoms with Crippen LogP contribution in [0.2, 0.25) is 0 Å². The molecule has 1 aromatic rings. The molecule has 0 aliphatic rings. The predicted octanol–water partition coefficient (Wildman–Crippen LogP) is 1.90. The van der Waals surface area contributed by atoms with Gasteiger partial charge in [0.1, 0.15) is 9.88 Å². The van der Waals surface area contributed by atoms with Crippen molar-refractivity contribution >= 4 is 28.3 Å². The highest BCUT2D eigenvalue weighted by Crippen LogP contribution is 2.30. The van der Waals surface area contributed by atoms with Gasteiger partial charge in [-0.05, 0) is 18.9 Å². The number of ether oxygens (including phenoxy) is 1. The Bertz CT molecular complexity index is 425. The molecule has 0 aliphatic carbocycles. The highest BCUT2D eigenvalue weighted by molar-refractivity contribution is 7.18. The number of carboxylic acid groups (broad SMARTS) is 1. The summed E-state index contributed by atoms with van der Waals surface area (Å²) in [5.41, 5.74) is 6.16. The van der Waals surface area contributed by atoms with Crippen LogP contribution in [0.5, 0.6) is 0 Å². The topological polar surface area (TPSA) is 89.6 Å². The van der Waals surface area contributed by atoms with Crippen molar-refractivity contribution in [1.82, 2.24) is 0 Å². The SMILES string of the molecule is CCCOC(=O)c1c(N)sc(C(=O)O)c1C. The van der Waals surface area contributed by atoms with Gasteiger partial charge >= 0.3 is 11.9 Å². The maximum absolute atomic E-state index is 11.6. The van der Waals surface area contributed by atoms with Crippen molar-refractivity contribution in [3.63, 3.8) is 0 Å². The first-order valence-electron chi connectivity index (χ1n) is 4.78. The van der Waals surface area contributed by atoms with E-state index in [9.17, 15) is 9.59 Å². The molecule has 0 bridgehead atoms. The van der Waals surface area contributed by atoms with E-state index in [2.05, 4.69) is 0 Å². The number of aromatic carboxylic acids is 1. The van der Waals surface area contributed by atoms with Crippen LogP contribution in [0.3, 0.4) is 0 Å². The maximum atomic E-state index is 11.6. The van der Waals surface area contributed by atoms with Gasteiger partial charge in [0, 0.05) is 0 Å². The zero-order chi connectivity index (χ0) is 12.3. The molecule has 5 nitrogen and oxygen atoms in total. The van der Waals surface area contributed by atoms with Crippen molar-refractivity contribution in [3.05, 3.63) is 16.0 Å². The quantitative estimate of drug-likeness (QED) is 0.788. The fraction of sp³-hybridized carbons (Fsp3) is 0.400. The fourth-order valence-corrected chi connectivity index (χ4v) is 2.16. The first-order valence-corrected chi connectivity index (χ1v) is 5.60. The number of thiophene rings is 1. The lowest BCUT2D eigenvalue weighted by molar-refractivity contribution is 0.0506. The molecule has 16 heavy (non-hydrogen) atoms. The molecule has 0 atom stereocenters. The molecule has 1 rings (SSSR count). The zero-order valence-electron chi connectivity index (χ0n) is 9.07. The van der Waals surface area contributed by atoms with Crippen LogP contribution in [0.25, 0.3) is 0 Å². The summed E-state index contributed by atoms with van der Waals surface area (Å²) in [6.07, 6.45) is 0.709. The van der Waals surface area contributed by atoms with Crippen molar-refractivity contribution < 1.29 is 19.4 Å². The molecule has 0 spiro atoms. The minimum absolute atomic E-state index is 0.0842. The molecule has 0 radical (unpaired) electrons. The van der Waals surface area contributed by atoms with Gasteiger partial charge in [0.2, 0.25) is 0 Å². The predicted molar refractivity (Wildman–Crippen MR) is 61.0 cm³/mol. The van der Waals surface area contributed by atoms with Crippen LogP contribution in [0, 0.1) is 6.92 Å². The van der Waals surface area contributed by atoms with Crippen LogP contribution >= 0.6 is 11.3 Å². The number of nitrogens with two attached hydrogens (primary N) is 1. The largest absolute Gasteiger partial charge is 0.477 e. The molecule has 88 valence electrons. The molecule has 1 aromatic heterocycles. The van der Waals surface area contributed by atoms with Crippen LogP contribution < -0.4 is 5.73 Å². The van der Waals surface area contributed by atoms with Crippen LogP contribution in [0.15, 0.2) is 0 Å². The number of nitrogen functional groups attached to an aromatic ring is 1. The Morgan fingerprint density at radius 2 is 2.12 bits per heavy atom. The van der Waals surface area contributed by atoms with E-state index >= 15 is 0 Å². The Kier molecular flexibility index (Phi) is 3.89. The van der Waals surface area contributed by atoms with E-state index in [4.69, 9.17) is 15.6 Å². The highest BCUT2D eigenvalue weighted by Gasteiger charge is 2.23. The van der Waals surface area contributed by atoms with Crippen molar-refractivity contribution in [3.8, 4) is 0 Å². The molecule has 0 saturated carbocycles. The van der Waals surface area contributed by atoms with Gasteiger partial charge in [0.05, 0.1) is 12.2 Å². The summed E-state index contributed by atoms with van der Waals surface area (Å²) in [6, 6.07) is 0. The van der Waals surface area contributed by atoms with Crippen molar-refractivity contribution in [2.75, 3.05) is 12.3 Å². The third-order valence-corrected chi connectivity index (χ3v) is 3.12. The Labute approximate surface area is 96.8 Å². The number of anilines is 1. The standard InChI is InChI=1S/C10H13NO4S/c1-3-4-15-10(14)6-5(2)7(9(12)13)16-8(6)11/h3-4,11H2,1-2H3,(H,12,13). The number of carbonyl (C=O) groups excluding carboxylic acids is 1. The molecular formula is C10H13NO4S. The van der Waals surface area contributed by atoms with Gasteiger partial charge in [0.25, 0.3) is 0 Å². The minimum Gasteiger partial charge on any atom is -0.477 e. The lowest BCUT2D eigenvalue weighted by Gasteiger charge is -2.03. The molecule has 0 aromatic carbocycles. The van der Waals surface area contributed by atoms with Crippen molar-refractivity contribution in [2.24, 2.45) is 0 Å². The number of rotatable bonds is 4. The van der Waals surface area contributed by atoms with Gasteiger partial charge < -0.3 is 15.6 Å². The van der Waals surface area contributed by atoms with E-state index in [0.29, 0.717) is 18.6 Å². The third kappa shape index (κ3) is 2.33. The monoisotopic (exact) mass is 243 g/mol. The fourth-order valence-electron chi connectivity index (χ4n) is 1.26. The van der Waals surface area contributed by atoms with E-state index < -0.39 is 11.9 Å². The minimum atomic E-state index is -1.08. The van der Waals surface area contributed by atoms with Gasteiger partial charge in [-0.25, -0.2) is 9.59 Å².